The van der Waals surface area contributed by atoms with E-state index in [0.29, 0.717) is 0 Å². The zero-order valence-electron chi connectivity index (χ0n) is 13.6. The first-order valence-corrected chi connectivity index (χ1v) is 7.87. The average molecular weight is 367 g/mol. The van der Waals surface area contributed by atoms with Crippen molar-refractivity contribution in [3.8, 4) is 0 Å². The van der Waals surface area contributed by atoms with Crippen molar-refractivity contribution in [2.24, 2.45) is 0 Å². The average Bonchev–Trinajstić information content (AvgIpc) is 2.57. The first kappa shape index (κ1) is 20.4. The van der Waals surface area contributed by atoms with Gasteiger partial charge in [0.1, 0.15) is 54.4 Å². The molecule has 0 aromatic carbocycles. The first-order valence-electron chi connectivity index (χ1n) is 7.87. The standard InChI is InChI=1S/C14H25NO10/c1-5(18)15-14(4-24-6(2-16)9(20)12(14)23)13-11(22)10(21)8(19)7(3-17)25-13/h6-13,16-17,19-23H,2-4H2,1H3,(H,15,18)/t6-,7-,8+,9+,10+,11-,12+,13+,14+/m1/s1. The molecule has 11 nitrogen and oxygen atoms in total. The van der Waals surface area contributed by atoms with Crippen molar-refractivity contribution in [3.05, 3.63) is 0 Å². The van der Waals surface area contributed by atoms with E-state index in [0.717, 1.165) is 6.92 Å². The Bertz CT molecular complexity index is 477. The van der Waals surface area contributed by atoms with E-state index in [-0.39, 0.29) is 0 Å². The van der Waals surface area contributed by atoms with Crippen molar-refractivity contribution in [3.63, 3.8) is 0 Å². The van der Waals surface area contributed by atoms with E-state index in [1.54, 1.807) is 0 Å². The van der Waals surface area contributed by atoms with Crippen LogP contribution in [0.15, 0.2) is 0 Å². The summed E-state index contributed by atoms with van der Waals surface area (Å²) in [6.07, 6.45) is -12.4. The van der Waals surface area contributed by atoms with Gasteiger partial charge in [-0.05, 0) is 0 Å². The molecule has 8 N–H and O–H groups in total. The molecule has 0 bridgehead atoms. The highest BCUT2D eigenvalue weighted by Gasteiger charge is 2.60. The minimum atomic E-state index is -1.88. The van der Waals surface area contributed by atoms with E-state index in [2.05, 4.69) is 5.32 Å². The highest BCUT2D eigenvalue weighted by Crippen LogP contribution is 2.35. The molecule has 2 fully saturated rings. The van der Waals surface area contributed by atoms with Gasteiger partial charge in [-0.2, -0.15) is 0 Å². The summed E-state index contributed by atoms with van der Waals surface area (Å²) in [6.45, 7) is -0.624. The van der Waals surface area contributed by atoms with E-state index >= 15 is 0 Å². The molecular weight excluding hydrogens is 342 g/mol. The van der Waals surface area contributed by atoms with E-state index < -0.39 is 80.1 Å². The minimum absolute atomic E-state index is 0.460. The van der Waals surface area contributed by atoms with Crippen LogP contribution in [-0.4, -0.2) is 116 Å². The smallest absolute Gasteiger partial charge is 0.217 e. The second-order valence-corrected chi connectivity index (χ2v) is 6.44. The Hall–Kier alpha value is -0.890. The van der Waals surface area contributed by atoms with E-state index in [9.17, 15) is 40.5 Å². The zero-order valence-corrected chi connectivity index (χ0v) is 13.6. The molecule has 0 aromatic rings. The number of carbonyl (C=O) groups is 1. The molecule has 0 radical (unpaired) electrons. The van der Waals surface area contributed by atoms with Gasteiger partial charge >= 0.3 is 0 Å². The summed E-state index contributed by atoms with van der Waals surface area (Å²) in [7, 11) is 0. The number of amides is 1. The van der Waals surface area contributed by atoms with Crippen molar-refractivity contribution in [1.82, 2.24) is 5.32 Å². The third-order valence-electron chi connectivity index (χ3n) is 4.76. The van der Waals surface area contributed by atoms with Gasteiger partial charge in [0.15, 0.2) is 0 Å². The maximum atomic E-state index is 11.7. The van der Waals surface area contributed by atoms with Crippen LogP contribution in [0.2, 0.25) is 0 Å². The molecule has 0 unspecified atom stereocenters. The third kappa shape index (κ3) is 3.52. The van der Waals surface area contributed by atoms with Gasteiger partial charge < -0.3 is 50.5 Å². The van der Waals surface area contributed by atoms with Gasteiger partial charge in [-0.15, -0.1) is 0 Å². The molecule has 0 aromatic heterocycles. The topological polar surface area (TPSA) is 189 Å². The number of hydrogen-bond donors (Lipinski definition) is 8. The summed E-state index contributed by atoms with van der Waals surface area (Å²) in [5.74, 6) is -0.644. The maximum absolute atomic E-state index is 11.7. The predicted molar refractivity (Wildman–Crippen MR) is 79.2 cm³/mol. The fourth-order valence-electron chi connectivity index (χ4n) is 3.38. The van der Waals surface area contributed by atoms with E-state index in [4.69, 9.17) is 9.47 Å². The molecule has 9 atom stereocenters. The van der Waals surface area contributed by atoms with Gasteiger partial charge in [0.05, 0.1) is 19.8 Å². The van der Waals surface area contributed by atoms with Crippen LogP contribution < -0.4 is 5.32 Å². The number of hydrogen-bond acceptors (Lipinski definition) is 10. The molecule has 0 aliphatic carbocycles. The molecule has 1 amide bonds. The summed E-state index contributed by atoms with van der Waals surface area (Å²) in [4.78, 5) is 11.7. The quantitative estimate of drug-likeness (QED) is 0.238. The summed E-state index contributed by atoms with van der Waals surface area (Å²) >= 11 is 0. The van der Waals surface area contributed by atoms with Crippen LogP contribution in [0.3, 0.4) is 0 Å². The zero-order chi connectivity index (χ0) is 18.9. The van der Waals surface area contributed by atoms with Crippen molar-refractivity contribution < 1.29 is 50.0 Å². The van der Waals surface area contributed by atoms with Crippen LogP contribution in [0, 0.1) is 0 Å². The Labute approximate surface area is 143 Å². The maximum Gasteiger partial charge on any atom is 0.217 e. The van der Waals surface area contributed by atoms with Crippen LogP contribution in [0.25, 0.3) is 0 Å². The predicted octanol–water partition coefficient (Wildman–Crippen LogP) is -5.18. The third-order valence-corrected chi connectivity index (χ3v) is 4.76. The monoisotopic (exact) mass is 367 g/mol. The molecule has 2 rings (SSSR count). The molecule has 2 saturated heterocycles. The van der Waals surface area contributed by atoms with Gasteiger partial charge in [-0.3, -0.25) is 4.79 Å². The summed E-state index contributed by atoms with van der Waals surface area (Å²) < 4.78 is 10.7. The van der Waals surface area contributed by atoms with Gasteiger partial charge in [0, 0.05) is 6.92 Å². The SMILES string of the molecule is CC(=O)N[C@@]1([C@H]2O[C@H](CO)[C@H](O)[C@H](O)[C@H]2O)CO[C@H](CO)[C@H](O)[C@@H]1O. The second kappa shape index (κ2) is 7.78. The Morgan fingerprint density at radius 2 is 1.60 bits per heavy atom. The van der Waals surface area contributed by atoms with Crippen LogP contribution >= 0.6 is 0 Å². The lowest BCUT2D eigenvalue weighted by molar-refractivity contribution is -0.283. The molecular formula is C14H25NO10. The van der Waals surface area contributed by atoms with Crippen molar-refractivity contribution >= 4 is 5.91 Å². The number of nitrogens with one attached hydrogen (secondary N) is 1. The van der Waals surface area contributed by atoms with Crippen molar-refractivity contribution in [1.29, 1.82) is 0 Å². The fraction of sp³-hybridized carbons (Fsp3) is 0.929. The summed E-state index contributed by atoms with van der Waals surface area (Å²) in [5.41, 5.74) is -1.88. The van der Waals surface area contributed by atoms with Crippen LogP contribution in [-0.2, 0) is 14.3 Å². The summed E-state index contributed by atoms with van der Waals surface area (Å²) in [5, 5.41) is 71.8. The molecule has 11 heteroatoms. The van der Waals surface area contributed by atoms with Crippen molar-refractivity contribution in [2.45, 2.75) is 61.3 Å². The lowest BCUT2D eigenvalue weighted by Crippen LogP contribution is -2.79. The Balaban J connectivity index is 2.41. The lowest BCUT2D eigenvalue weighted by atomic mass is 9.75. The van der Waals surface area contributed by atoms with Gasteiger partial charge in [0.25, 0.3) is 0 Å². The highest BCUT2D eigenvalue weighted by atomic mass is 16.6. The number of carbonyl (C=O) groups excluding carboxylic acids is 1. The number of ether oxygens (including phenoxy) is 2. The lowest BCUT2D eigenvalue weighted by Gasteiger charge is -2.54. The molecule has 0 saturated carbocycles. The molecule has 2 aliphatic rings. The van der Waals surface area contributed by atoms with Crippen LogP contribution in [0.1, 0.15) is 6.92 Å². The van der Waals surface area contributed by atoms with Crippen LogP contribution in [0.5, 0.6) is 0 Å². The number of aliphatic hydroxyl groups excluding tert-OH is 7. The van der Waals surface area contributed by atoms with Crippen LogP contribution in [0.4, 0.5) is 0 Å². The second-order valence-electron chi connectivity index (χ2n) is 6.44. The molecule has 25 heavy (non-hydrogen) atoms. The minimum Gasteiger partial charge on any atom is -0.394 e. The molecule has 2 aliphatic heterocycles. The molecule has 0 spiro atoms. The van der Waals surface area contributed by atoms with Gasteiger partial charge in [-0.1, -0.05) is 0 Å². The van der Waals surface area contributed by atoms with Gasteiger partial charge in [0.2, 0.25) is 5.91 Å². The van der Waals surface area contributed by atoms with E-state index in [1.807, 2.05) is 0 Å². The molecule has 146 valence electrons. The highest BCUT2D eigenvalue weighted by molar-refractivity contribution is 5.74. The fourth-order valence-corrected chi connectivity index (χ4v) is 3.38. The largest absolute Gasteiger partial charge is 0.394 e. The summed E-state index contributed by atoms with van der Waals surface area (Å²) in [6, 6.07) is 0. The first-order chi connectivity index (χ1) is 11.7. The normalized spacial score (nSPS) is 48.2. The molecule has 2 heterocycles. The van der Waals surface area contributed by atoms with E-state index in [1.165, 1.54) is 0 Å². The Morgan fingerprint density at radius 3 is 2.12 bits per heavy atom. The van der Waals surface area contributed by atoms with Crippen molar-refractivity contribution in [2.75, 3.05) is 19.8 Å². The Kier molecular flexibility index (Phi) is 6.35. The number of rotatable bonds is 4. The Morgan fingerprint density at radius 1 is 1.00 bits per heavy atom. The number of aliphatic hydroxyl groups is 7. The van der Waals surface area contributed by atoms with Gasteiger partial charge in [-0.25, -0.2) is 0 Å².